The zero-order valence-electron chi connectivity index (χ0n) is 12.0. The number of hydrogen-bond donors (Lipinski definition) is 1. The van der Waals surface area contributed by atoms with Crippen LogP contribution in [-0.2, 0) is 4.74 Å². The van der Waals surface area contributed by atoms with Crippen LogP contribution in [0.25, 0.3) is 0 Å². The van der Waals surface area contributed by atoms with Crippen LogP contribution < -0.4 is 5.32 Å². The van der Waals surface area contributed by atoms with Gasteiger partial charge in [-0.1, -0.05) is 13.3 Å². The van der Waals surface area contributed by atoms with E-state index in [2.05, 4.69) is 17.1 Å². The lowest BCUT2D eigenvalue weighted by Crippen LogP contribution is -2.44. The molecule has 18 heavy (non-hydrogen) atoms. The van der Waals surface area contributed by atoms with E-state index in [1.54, 1.807) is 0 Å². The molecule has 2 aliphatic heterocycles. The standard InChI is InChI=1S/C15H30N2O/c1-2-17(13-14-7-3-4-10-16-14)11-5-8-15-9-6-12-18-15/h14-16H,2-13H2,1H3. The topological polar surface area (TPSA) is 24.5 Å². The predicted octanol–water partition coefficient (Wildman–Crippen LogP) is 2.41. The molecule has 2 fully saturated rings. The quantitative estimate of drug-likeness (QED) is 0.755. The summed E-state index contributed by atoms with van der Waals surface area (Å²) in [5.74, 6) is 0. The largest absolute Gasteiger partial charge is 0.378 e. The molecule has 0 saturated carbocycles. The van der Waals surface area contributed by atoms with Crippen LogP contribution in [0.4, 0.5) is 0 Å². The Morgan fingerprint density at radius 1 is 1.22 bits per heavy atom. The van der Waals surface area contributed by atoms with Gasteiger partial charge in [-0.15, -0.1) is 0 Å². The van der Waals surface area contributed by atoms with Gasteiger partial charge in [0.1, 0.15) is 0 Å². The number of rotatable bonds is 7. The average molecular weight is 254 g/mol. The maximum Gasteiger partial charge on any atom is 0.0576 e. The van der Waals surface area contributed by atoms with Gasteiger partial charge in [0.25, 0.3) is 0 Å². The molecule has 0 bridgehead atoms. The Labute approximate surface area is 112 Å². The monoisotopic (exact) mass is 254 g/mol. The highest BCUT2D eigenvalue weighted by Gasteiger charge is 2.17. The molecule has 0 aromatic heterocycles. The lowest BCUT2D eigenvalue weighted by Gasteiger charge is -2.30. The number of piperidine rings is 1. The number of hydrogen-bond acceptors (Lipinski definition) is 3. The molecule has 2 aliphatic rings. The molecule has 0 spiro atoms. The van der Waals surface area contributed by atoms with E-state index in [9.17, 15) is 0 Å². The number of likely N-dealkylation sites (N-methyl/N-ethyl adjacent to an activating group) is 1. The van der Waals surface area contributed by atoms with Crippen molar-refractivity contribution in [3.8, 4) is 0 Å². The van der Waals surface area contributed by atoms with Crippen LogP contribution in [0.2, 0.25) is 0 Å². The first-order valence-electron chi connectivity index (χ1n) is 7.96. The summed E-state index contributed by atoms with van der Waals surface area (Å²) in [4.78, 5) is 2.61. The molecule has 0 radical (unpaired) electrons. The molecular weight excluding hydrogens is 224 g/mol. The first kappa shape index (κ1) is 14.3. The summed E-state index contributed by atoms with van der Waals surface area (Å²) in [7, 11) is 0. The molecular formula is C15H30N2O. The van der Waals surface area contributed by atoms with Crippen molar-refractivity contribution >= 4 is 0 Å². The fourth-order valence-corrected chi connectivity index (χ4v) is 3.18. The second kappa shape index (κ2) is 8.13. The fourth-order valence-electron chi connectivity index (χ4n) is 3.18. The lowest BCUT2D eigenvalue weighted by atomic mass is 10.0. The summed E-state index contributed by atoms with van der Waals surface area (Å²) in [6.45, 7) is 8.17. The Morgan fingerprint density at radius 3 is 2.83 bits per heavy atom. The highest BCUT2D eigenvalue weighted by molar-refractivity contribution is 4.76. The minimum absolute atomic E-state index is 0.566. The van der Waals surface area contributed by atoms with Crippen molar-refractivity contribution < 1.29 is 4.74 Å². The van der Waals surface area contributed by atoms with Crippen LogP contribution in [0.5, 0.6) is 0 Å². The van der Waals surface area contributed by atoms with Crippen LogP contribution in [0.3, 0.4) is 0 Å². The SMILES string of the molecule is CCN(CCCC1CCCO1)CC1CCCCN1. The maximum atomic E-state index is 5.69. The summed E-state index contributed by atoms with van der Waals surface area (Å²) in [6.07, 6.45) is 9.82. The van der Waals surface area contributed by atoms with E-state index in [1.165, 1.54) is 71.1 Å². The molecule has 2 heterocycles. The molecule has 0 aliphatic carbocycles. The molecule has 2 atom stereocenters. The smallest absolute Gasteiger partial charge is 0.0576 e. The van der Waals surface area contributed by atoms with Crippen LogP contribution >= 0.6 is 0 Å². The summed E-state index contributed by atoms with van der Waals surface area (Å²) in [5.41, 5.74) is 0. The molecule has 2 rings (SSSR count). The molecule has 2 unspecified atom stereocenters. The van der Waals surface area contributed by atoms with Gasteiger partial charge in [0, 0.05) is 19.2 Å². The van der Waals surface area contributed by atoms with Crippen LogP contribution in [0, 0.1) is 0 Å². The number of ether oxygens (including phenoxy) is 1. The van der Waals surface area contributed by atoms with Crippen LogP contribution in [0.1, 0.15) is 51.9 Å². The normalized spacial score (nSPS) is 29.0. The van der Waals surface area contributed by atoms with Gasteiger partial charge in [-0.25, -0.2) is 0 Å². The van der Waals surface area contributed by atoms with Gasteiger partial charge in [0.05, 0.1) is 6.10 Å². The number of nitrogens with one attached hydrogen (secondary N) is 1. The zero-order chi connectivity index (χ0) is 12.6. The van der Waals surface area contributed by atoms with Gasteiger partial charge in [-0.05, 0) is 58.2 Å². The molecule has 3 heteroatoms. The van der Waals surface area contributed by atoms with E-state index < -0.39 is 0 Å². The average Bonchev–Trinajstić information content (AvgIpc) is 2.92. The third kappa shape index (κ3) is 4.87. The summed E-state index contributed by atoms with van der Waals surface area (Å²) in [5, 5.41) is 3.65. The molecule has 2 saturated heterocycles. The van der Waals surface area contributed by atoms with E-state index >= 15 is 0 Å². The summed E-state index contributed by atoms with van der Waals surface area (Å²) >= 11 is 0. The van der Waals surface area contributed by atoms with E-state index in [-0.39, 0.29) is 0 Å². The second-order valence-corrected chi connectivity index (χ2v) is 5.82. The van der Waals surface area contributed by atoms with Crippen molar-refractivity contribution in [3.05, 3.63) is 0 Å². The van der Waals surface area contributed by atoms with Gasteiger partial charge < -0.3 is 15.0 Å². The van der Waals surface area contributed by atoms with Crippen molar-refractivity contribution in [2.75, 3.05) is 32.8 Å². The Balaban J connectivity index is 1.58. The van der Waals surface area contributed by atoms with Crippen molar-refractivity contribution in [1.82, 2.24) is 10.2 Å². The Kier molecular flexibility index (Phi) is 6.46. The van der Waals surface area contributed by atoms with Crippen LogP contribution in [-0.4, -0.2) is 49.8 Å². The van der Waals surface area contributed by atoms with E-state index in [0.717, 1.165) is 12.6 Å². The molecule has 3 nitrogen and oxygen atoms in total. The Bertz CT molecular complexity index is 211. The fraction of sp³-hybridized carbons (Fsp3) is 1.00. The summed E-state index contributed by atoms with van der Waals surface area (Å²) in [6, 6.07) is 0.737. The van der Waals surface area contributed by atoms with E-state index in [1.807, 2.05) is 0 Å². The van der Waals surface area contributed by atoms with Gasteiger partial charge in [0.2, 0.25) is 0 Å². The summed E-state index contributed by atoms with van der Waals surface area (Å²) < 4.78 is 5.69. The second-order valence-electron chi connectivity index (χ2n) is 5.82. The van der Waals surface area contributed by atoms with Gasteiger partial charge in [-0.2, -0.15) is 0 Å². The van der Waals surface area contributed by atoms with Crippen molar-refractivity contribution in [3.63, 3.8) is 0 Å². The predicted molar refractivity (Wildman–Crippen MR) is 76.0 cm³/mol. The highest BCUT2D eigenvalue weighted by Crippen LogP contribution is 2.17. The van der Waals surface area contributed by atoms with E-state index in [4.69, 9.17) is 4.74 Å². The molecule has 1 N–H and O–H groups in total. The Morgan fingerprint density at radius 2 is 2.17 bits per heavy atom. The van der Waals surface area contributed by atoms with E-state index in [0.29, 0.717) is 6.10 Å². The first-order chi connectivity index (χ1) is 8.88. The molecule has 0 amide bonds. The zero-order valence-corrected chi connectivity index (χ0v) is 12.0. The Hall–Kier alpha value is -0.120. The molecule has 0 aromatic rings. The minimum Gasteiger partial charge on any atom is -0.378 e. The van der Waals surface area contributed by atoms with Crippen molar-refractivity contribution in [2.24, 2.45) is 0 Å². The molecule has 106 valence electrons. The number of nitrogens with zero attached hydrogens (tertiary/aromatic N) is 1. The highest BCUT2D eigenvalue weighted by atomic mass is 16.5. The molecule has 0 aromatic carbocycles. The van der Waals surface area contributed by atoms with Gasteiger partial charge >= 0.3 is 0 Å². The minimum atomic E-state index is 0.566. The lowest BCUT2D eigenvalue weighted by molar-refractivity contribution is 0.0982. The first-order valence-corrected chi connectivity index (χ1v) is 7.96. The van der Waals surface area contributed by atoms with Gasteiger partial charge in [0.15, 0.2) is 0 Å². The van der Waals surface area contributed by atoms with Crippen LogP contribution in [0.15, 0.2) is 0 Å². The van der Waals surface area contributed by atoms with Crippen molar-refractivity contribution in [1.29, 1.82) is 0 Å². The third-order valence-corrected chi connectivity index (χ3v) is 4.36. The van der Waals surface area contributed by atoms with Gasteiger partial charge in [-0.3, -0.25) is 0 Å². The maximum absolute atomic E-state index is 5.69. The van der Waals surface area contributed by atoms with Crippen molar-refractivity contribution in [2.45, 2.75) is 64.0 Å². The third-order valence-electron chi connectivity index (χ3n) is 4.36.